The Kier molecular flexibility index (Phi) is 17.8. The van der Waals surface area contributed by atoms with Crippen LogP contribution < -0.4 is 0 Å². The molecule has 0 heterocycles. The van der Waals surface area contributed by atoms with Gasteiger partial charge in [0.15, 0.2) is 0 Å². The SMILES string of the molecule is CC(C)(C)Cc1ccc(Cl)cc1Cl.CC(C)(C)Cc1ccccc1.Cc1ccc(CC(C)(C)C)cc1.Cc1cccc(CC(C)(C)C)c1. The minimum absolute atomic E-state index is 0.261. The van der Waals surface area contributed by atoms with Crippen LogP contribution in [0.15, 0.2) is 97.1 Å². The number of aryl methyl sites for hydroxylation is 2. The second-order valence-electron chi connectivity index (χ2n) is 18.1. The van der Waals surface area contributed by atoms with Crippen LogP contribution in [-0.2, 0) is 25.7 Å². The largest absolute Gasteiger partial charge is 0.0843 e. The fraction of sp³-hybridized carbons (Fsp3) is 0.478. The van der Waals surface area contributed by atoms with E-state index >= 15 is 0 Å². The van der Waals surface area contributed by atoms with Crippen LogP contribution in [0.1, 0.15) is 116 Å². The lowest BCUT2D eigenvalue weighted by molar-refractivity contribution is 0.411. The van der Waals surface area contributed by atoms with Crippen LogP contribution in [0.5, 0.6) is 0 Å². The van der Waals surface area contributed by atoms with Gasteiger partial charge in [-0.25, -0.2) is 0 Å². The lowest BCUT2D eigenvalue weighted by Crippen LogP contribution is -2.09. The fourth-order valence-electron chi connectivity index (χ4n) is 5.20. The maximum Gasteiger partial charge on any atom is 0.0453 e. The van der Waals surface area contributed by atoms with E-state index in [4.69, 9.17) is 23.2 Å². The molecule has 4 aromatic carbocycles. The van der Waals surface area contributed by atoms with Crippen LogP contribution in [0.4, 0.5) is 0 Å². The van der Waals surface area contributed by atoms with Crippen LogP contribution in [0.2, 0.25) is 10.0 Å². The zero-order valence-electron chi connectivity index (χ0n) is 32.8. The molecule has 0 amide bonds. The first-order chi connectivity index (χ1) is 21.9. The second-order valence-corrected chi connectivity index (χ2v) is 19.0. The highest BCUT2D eigenvalue weighted by Crippen LogP contribution is 2.28. The molecule has 0 aliphatic rings. The molecule has 0 fully saturated rings. The van der Waals surface area contributed by atoms with Gasteiger partial charge in [-0.1, -0.05) is 202 Å². The molecule has 0 saturated carbocycles. The van der Waals surface area contributed by atoms with Gasteiger partial charge in [0.05, 0.1) is 0 Å². The van der Waals surface area contributed by atoms with Crippen molar-refractivity contribution in [2.75, 3.05) is 0 Å². The summed E-state index contributed by atoms with van der Waals surface area (Å²) in [7, 11) is 0. The maximum atomic E-state index is 6.05. The lowest BCUT2D eigenvalue weighted by Gasteiger charge is -2.18. The summed E-state index contributed by atoms with van der Waals surface area (Å²) in [6.45, 7) is 31.3. The lowest BCUT2D eigenvalue weighted by atomic mass is 9.88. The summed E-state index contributed by atoms with van der Waals surface area (Å²) >= 11 is 11.9. The number of halogens is 2. The summed E-state index contributed by atoms with van der Waals surface area (Å²) < 4.78 is 0. The summed E-state index contributed by atoms with van der Waals surface area (Å²) in [5.41, 5.74) is 9.64. The molecule has 0 N–H and O–H groups in total. The van der Waals surface area contributed by atoms with Crippen molar-refractivity contribution in [3.8, 4) is 0 Å². The third kappa shape index (κ3) is 22.9. The van der Waals surface area contributed by atoms with E-state index in [1.807, 2.05) is 12.1 Å². The predicted molar refractivity (Wildman–Crippen MR) is 218 cm³/mol. The van der Waals surface area contributed by atoms with Gasteiger partial charge in [0.1, 0.15) is 0 Å². The van der Waals surface area contributed by atoms with E-state index in [-0.39, 0.29) is 5.41 Å². The van der Waals surface area contributed by atoms with Crippen LogP contribution in [-0.4, -0.2) is 0 Å². The molecule has 0 nitrogen and oxygen atoms in total. The van der Waals surface area contributed by atoms with E-state index in [1.54, 1.807) is 6.07 Å². The van der Waals surface area contributed by atoms with E-state index in [0.717, 1.165) is 30.7 Å². The minimum atomic E-state index is 0.261. The summed E-state index contributed by atoms with van der Waals surface area (Å²) in [6, 6.07) is 33.9. The van der Waals surface area contributed by atoms with Crippen molar-refractivity contribution in [2.24, 2.45) is 21.7 Å². The Labute approximate surface area is 306 Å². The van der Waals surface area contributed by atoms with Gasteiger partial charge in [-0.2, -0.15) is 0 Å². The third-order valence-corrected chi connectivity index (χ3v) is 7.57. The highest BCUT2D eigenvalue weighted by Gasteiger charge is 2.14. The molecule has 0 aliphatic carbocycles. The van der Waals surface area contributed by atoms with Gasteiger partial charge in [-0.15, -0.1) is 0 Å². The van der Waals surface area contributed by atoms with Crippen molar-refractivity contribution >= 4 is 23.2 Å². The van der Waals surface area contributed by atoms with Crippen LogP contribution >= 0.6 is 23.2 Å². The molecule has 264 valence electrons. The van der Waals surface area contributed by atoms with E-state index in [0.29, 0.717) is 21.3 Å². The maximum absolute atomic E-state index is 6.05. The Morgan fingerprint density at radius 3 is 1.27 bits per heavy atom. The Bertz CT molecular complexity index is 1450. The monoisotopic (exact) mass is 688 g/mol. The first-order valence-corrected chi connectivity index (χ1v) is 18.3. The molecule has 0 unspecified atom stereocenters. The Hall–Kier alpha value is -2.54. The van der Waals surface area contributed by atoms with E-state index in [1.165, 1.54) is 33.4 Å². The normalized spacial score (nSPS) is 11.7. The topological polar surface area (TPSA) is 0 Å². The molecular formula is C46H66Cl2. The zero-order valence-corrected chi connectivity index (χ0v) is 34.3. The number of benzene rings is 4. The summed E-state index contributed by atoms with van der Waals surface area (Å²) in [4.78, 5) is 0. The molecular weight excluding hydrogens is 623 g/mol. The van der Waals surface area contributed by atoms with Gasteiger partial charge >= 0.3 is 0 Å². The number of rotatable bonds is 4. The van der Waals surface area contributed by atoms with Crippen LogP contribution in [0.25, 0.3) is 0 Å². The van der Waals surface area contributed by atoms with Crippen molar-refractivity contribution in [3.05, 3.63) is 140 Å². The molecule has 0 saturated heterocycles. The standard InChI is InChI=1S/2C12H18.C11H14Cl2.C11H16/c1-10-5-7-11(8-6-10)9-12(2,3)4;1-10-6-5-7-11(8-10)9-12(2,3)4;1-11(2,3)7-8-4-5-9(12)6-10(8)13;1-11(2,3)9-10-7-5-4-6-8-10/h2*5-8H,9H2,1-4H3;4-6H,7H2,1-3H3;4-8H,9H2,1-3H3. The zero-order chi connectivity index (χ0) is 36.8. The van der Waals surface area contributed by atoms with Crippen LogP contribution in [0, 0.1) is 35.5 Å². The average molecular weight is 690 g/mol. The molecule has 48 heavy (non-hydrogen) atoms. The predicted octanol–water partition coefficient (Wildman–Crippen LogP) is 15.0. The Morgan fingerprint density at radius 2 is 0.833 bits per heavy atom. The first kappa shape index (κ1) is 43.5. The molecule has 0 aromatic heterocycles. The smallest absolute Gasteiger partial charge is 0.0453 e. The van der Waals surface area contributed by atoms with E-state index in [2.05, 4.69) is 176 Å². The van der Waals surface area contributed by atoms with Crippen molar-refractivity contribution in [3.63, 3.8) is 0 Å². The van der Waals surface area contributed by atoms with Gasteiger partial charge in [0.2, 0.25) is 0 Å². The molecule has 2 heteroatoms. The van der Waals surface area contributed by atoms with E-state index in [9.17, 15) is 0 Å². The summed E-state index contributed by atoms with van der Waals surface area (Å²) in [5.74, 6) is 0. The van der Waals surface area contributed by atoms with Crippen molar-refractivity contribution in [2.45, 2.75) is 123 Å². The number of hydrogen-bond acceptors (Lipinski definition) is 0. The van der Waals surface area contributed by atoms with Gasteiger partial charge < -0.3 is 0 Å². The summed E-state index contributed by atoms with van der Waals surface area (Å²) in [6.07, 6.45) is 4.46. The molecule has 4 rings (SSSR count). The molecule has 4 aromatic rings. The van der Waals surface area contributed by atoms with Gasteiger partial charge in [0, 0.05) is 10.0 Å². The van der Waals surface area contributed by atoms with Crippen LogP contribution in [0.3, 0.4) is 0 Å². The van der Waals surface area contributed by atoms with Crippen molar-refractivity contribution in [1.29, 1.82) is 0 Å². The Balaban J connectivity index is 0.000000320. The molecule has 0 spiro atoms. The third-order valence-electron chi connectivity index (χ3n) is 6.99. The fourth-order valence-corrected chi connectivity index (χ4v) is 5.67. The molecule has 0 radical (unpaired) electrons. The second kappa shape index (κ2) is 19.6. The highest BCUT2D eigenvalue weighted by atomic mass is 35.5. The van der Waals surface area contributed by atoms with Crippen molar-refractivity contribution in [1.82, 2.24) is 0 Å². The van der Waals surface area contributed by atoms with E-state index < -0.39 is 0 Å². The summed E-state index contributed by atoms with van der Waals surface area (Å²) in [5, 5.41) is 1.46. The van der Waals surface area contributed by atoms with Gasteiger partial charge in [-0.05, 0) is 95.6 Å². The Morgan fingerprint density at radius 1 is 0.396 bits per heavy atom. The minimum Gasteiger partial charge on any atom is -0.0843 e. The average Bonchev–Trinajstić information content (AvgIpc) is 2.90. The van der Waals surface area contributed by atoms with Crippen molar-refractivity contribution < 1.29 is 0 Å². The van der Waals surface area contributed by atoms with Gasteiger partial charge in [0.25, 0.3) is 0 Å². The molecule has 0 bridgehead atoms. The highest BCUT2D eigenvalue weighted by molar-refractivity contribution is 6.35. The number of hydrogen-bond donors (Lipinski definition) is 0. The molecule has 0 atom stereocenters. The quantitative estimate of drug-likeness (QED) is 0.200. The molecule has 0 aliphatic heterocycles. The van der Waals surface area contributed by atoms with Gasteiger partial charge in [-0.3, -0.25) is 0 Å². The first-order valence-electron chi connectivity index (χ1n) is 17.5.